The maximum atomic E-state index is 13.6. The van der Waals surface area contributed by atoms with Crippen LogP contribution in [0.5, 0.6) is 0 Å². The molecule has 3 aliphatic heterocycles. The number of hydrogen-bond donors (Lipinski definition) is 1. The van der Waals surface area contributed by atoms with Crippen molar-refractivity contribution in [1.82, 2.24) is 14.7 Å². The maximum Gasteiger partial charge on any atom is 0.322 e. The molecule has 5 rings (SSSR count). The van der Waals surface area contributed by atoms with Gasteiger partial charge in [0.15, 0.2) is 0 Å². The van der Waals surface area contributed by atoms with E-state index in [4.69, 9.17) is 0 Å². The van der Waals surface area contributed by atoms with Crippen molar-refractivity contribution in [3.63, 3.8) is 0 Å². The van der Waals surface area contributed by atoms with Crippen LogP contribution >= 0.6 is 0 Å². The zero-order chi connectivity index (χ0) is 26.8. The molecule has 0 aliphatic carbocycles. The number of piperidine rings is 1. The molecule has 8 nitrogen and oxygen atoms in total. The van der Waals surface area contributed by atoms with Gasteiger partial charge in [-0.05, 0) is 48.0 Å². The lowest BCUT2D eigenvalue weighted by atomic mass is 10.0. The lowest BCUT2D eigenvalue weighted by molar-refractivity contribution is -0.137. The molecule has 3 atom stereocenters. The first kappa shape index (κ1) is 26.6. The number of para-hydroxylation sites is 1. The minimum atomic E-state index is -1.52. The molecule has 3 heterocycles. The lowest BCUT2D eigenvalue weighted by Gasteiger charge is -2.40. The van der Waals surface area contributed by atoms with E-state index in [-0.39, 0.29) is 30.3 Å². The summed E-state index contributed by atoms with van der Waals surface area (Å²) in [6.07, 6.45) is 2.12. The quantitative estimate of drug-likeness (QED) is 0.539. The number of benzene rings is 2. The summed E-state index contributed by atoms with van der Waals surface area (Å²) in [4.78, 5) is 44.8. The molecule has 0 radical (unpaired) electrons. The highest BCUT2D eigenvalue weighted by Gasteiger charge is 2.53. The summed E-state index contributed by atoms with van der Waals surface area (Å²) in [7, 11) is 0. The van der Waals surface area contributed by atoms with Crippen LogP contribution in [0.25, 0.3) is 0 Å². The van der Waals surface area contributed by atoms with E-state index in [0.29, 0.717) is 44.9 Å². The molecule has 0 aromatic heterocycles. The SMILES string of the molecule is CC(C)CCN1C(=O)C(CC(=O)N2CCC(N3Cc4ccccc4NC3=O)CC2)[S+]([O-])C1c1ccccc1. The van der Waals surface area contributed by atoms with Gasteiger partial charge in [0.2, 0.25) is 16.5 Å². The van der Waals surface area contributed by atoms with E-state index >= 15 is 0 Å². The Hall–Kier alpha value is -3.04. The van der Waals surface area contributed by atoms with Gasteiger partial charge >= 0.3 is 6.03 Å². The Balaban J connectivity index is 1.21. The van der Waals surface area contributed by atoms with Gasteiger partial charge in [0.05, 0.1) is 6.42 Å². The summed E-state index contributed by atoms with van der Waals surface area (Å²) in [5.41, 5.74) is 2.79. The molecule has 0 saturated carbocycles. The molecule has 9 heteroatoms. The fourth-order valence-electron chi connectivity index (χ4n) is 5.64. The Kier molecular flexibility index (Phi) is 7.95. The molecular formula is C29H36N4O4S. The predicted octanol–water partition coefficient (Wildman–Crippen LogP) is 4.12. The summed E-state index contributed by atoms with van der Waals surface area (Å²) in [5, 5.41) is 1.62. The van der Waals surface area contributed by atoms with Crippen LogP contribution in [0.4, 0.5) is 10.5 Å². The van der Waals surface area contributed by atoms with Crippen LogP contribution in [0.3, 0.4) is 0 Å². The summed E-state index contributed by atoms with van der Waals surface area (Å²) in [5.74, 6) is 0.0796. The Labute approximate surface area is 227 Å². The molecule has 3 aliphatic rings. The van der Waals surface area contributed by atoms with Gasteiger partial charge in [-0.15, -0.1) is 0 Å². The normalized spacial score (nSPS) is 24.1. The van der Waals surface area contributed by atoms with Crippen molar-refractivity contribution < 1.29 is 18.9 Å². The molecule has 202 valence electrons. The molecular weight excluding hydrogens is 500 g/mol. The smallest absolute Gasteiger partial charge is 0.322 e. The van der Waals surface area contributed by atoms with Gasteiger partial charge < -0.3 is 19.7 Å². The van der Waals surface area contributed by atoms with Gasteiger partial charge in [-0.2, -0.15) is 0 Å². The van der Waals surface area contributed by atoms with E-state index in [1.807, 2.05) is 59.5 Å². The van der Waals surface area contributed by atoms with E-state index < -0.39 is 21.8 Å². The van der Waals surface area contributed by atoms with E-state index in [1.54, 1.807) is 9.80 Å². The number of carbonyl (C=O) groups excluding carboxylic acids is 3. The predicted molar refractivity (Wildman–Crippen MR) is 148 cm³/mol. The fourth-order valence-corrected chi connectivity index (χ4v) is 7.48. The van der Waals surface area contributed by atoms with Crippen molar-refractivity contribution in [2.75, 3.05) is 25.0 Å². The van der Waals surface area contributed by atoms with Crippen molar-refractivity contribution >= 4 is 34.7 Å². The minimum Gasteiger partial charge on any atom is -0.614 e. The van der Waals surface area contributed by atoms with Crippen LogP contribution < -0.4 is 5.32 Å². The Morgan fingerprint density at radius 3 is 2.45 bits per heavy atom. The first-order valence-electron chi connectivity index (χ1n) is 13.5. The Morgan fingerprint density at radius 1 is 1.05 bits per heavy atom. The largest absolute Gasteiger partial charge is 0.614 e. The molecule has 2 aromatic rings. The second-order valence-electron chi connectivity index (χ2n) is 10.8. The maximum absolute atomic E-state index is 13.6. The Bertz CT molecular complexity index is 1170. The lowest BCUT2D eigenvalue weighted by Crippen LogP contribution is -2.51. The third-order valence-corrected chi connectivity index (χ3v) is 9.75. The highest BCUT2D eigenvalue weighted by atomic mass is 32.2. The number of likely N-dealkylation sites (tertiary alicyclic amines) is 1. The van der Waals surface area contributed by atoms with Crippen LogP contribution in [0.2, 0.25) is 0 Å². The Morgan fingerprint density at radius 2 is 1.74 bits per heavy atom. The molecule has 38 heavy (non-hydrogen) atoms. The number of nitrogens with one attached hydrogen (secondary N) is 1. The number of rotatable bonds is 7. The average molecular weight is 537 g/mol. The highest BCUT2D eigenvalue weighted by Crippen LogP contribution is 2.39. The van der Waals surface area contributed by atoms with Gasteiger partial charge in [0, 0.05) is 43.5 Å². The zero-order valence-electron chi connectivity index (χ0n) is 22.0. The van der Waals surface area contributed by atoms with Crippen LogP contribution in [0, 0.1) is 5.92 Å². The number of carbonyl (C=O) groups is 3. The topological polar surface area (TPSA) is 96.0 Å². The van der Waals surface area contributed by atoms with Crippen molar-refractivity contribution in [2.24, 2.45) is 5.92 Å². The summed E-state index contributed by atoms with van der Waals surface area (Å²) < 4.78 is 13.6. The molecule has 3 unspecified atom stereocenters. The van der Waals surface area contributed by atoms with Gasteiger partial charge in [-0.1, -0.05) is 62.4 Å². The standard InChI is InChI=1S/C29H36N4O4S/c1-20(2)12-17-32-27(35)25(38(37)28(32)21-8-4-3-5-9-21)18-26(34)31-15-13-23(14-16-31)33-19-22-10-6-7-11-24(22)30-29(33)36/h3-11,20,23,25,28H,12-19H2,1-2H3,(H,30,36). The molecule has 2 aromatic carbocycles. The molecule has 0 bridgehead atoms. The minimum absolute atomic E-state index is 0.0450. The first-order chi connectivity index (χ1) is 18.3. The van der Waals surface area contributed by atoms with Crippen molar-refractivity contribution in [3.8, 4) is 0 Å². The average Bonchev–Trinajstić information content (AvgIpc) is 3.16. The van der Waals surface area contributed by atoms with Gasteiger partial charge in [-0.25, -0.2) is 4.79 Å². The monoisotopic (exact) mass is 536 g/mol. The van der Waals surface area contributed by atoms with Gasteiger partial charge in [0.1, 0.15) is 0 Å². The number of anilines is 1. The summed E-state index contributed by atoms with van der Waals surface area (Å²) >= 11 is -1.52. The summed E-state index contributed by atoms with van der Waals surface area (Å²) in [6, 6.07) is 17.2. The number of fused-ring (bicyclic) bond motifs is 1. The van der Waals surface area contributed by atoms with Crippen molar-refractivity contribution in [1.29, 1.82) is 0 Å². The summed E-state index contributed by atoms with van der Waals surface area (Å²) in [6.45, 7) is 6.32. The molecule has 0 spiro atoms. The number of hydrogen-bond acceptors (Lipinski definition) is 4. The third kappa shape index (κ3) is 5.40. The zero-order valence-corrected chi connectivity index (χ0v) is 22.9. The fraction of sp³-hybridized carbons (Fsp3) is 0.483. The highest BCUT2D eigenvalue weighted by molar-refractivity contribution is 7.93. The van der Waals surface area contributed by atoms with Crippen LogP contribution in [-0.2, 0) is 27.3 Å². The number of nitrogens with zero attached hydrogens (tertiary/aromatic N) is 3. The number of amides is 4. The molecule has 2 saturated heterocycles. The van der Waals surface area contributed by atoms with E-state index in [2.05, 4.69) is 19.2 Å². The second kappa shape index (κ2) is 11.4. The van der Waals surface area contributed by atoms with Crippen LogP contribution in [0.1, 0.15) is 56.0 Å². The molecule has 4 amide bonds. The second-order valence-corrected chi connectivity index (χ2v) is 12.5. The van der Waals surface area contributed by atoms with Crippen LogP contribution in [-0.4, -0.2) is 68.0 Å². The van der Waals surface area contributed by atoms with Crippen molar-refractivity contribution in [3.05, 3.63) is 65.7 Å². The third-order valence-electron chi connectivity index (χ3n) is 7.85. The molecule has 1 N–H and O–H groups in total. The van der Waals surface area contributed by atoms with Crippen LogP contribution in [0.15, 0.2) is 54.6 Å². The van der Waals surface area contributed by atoms with E-state index in [0.717, 1.165) is 23.2 Å². The van der Waals surface area contributed by atoms with E-state index in [9.17, 15) is 18.9 Å². The molecule has 2 fully saturated rings. The first-order valence-corrected chi connectivity index (χ1v) is 14.8. The van der Waals surface area contributed by atoms with E-state index in [1.165, 1.54) is 0 Å². The van der Waals surface area contributed by atoms with Gasteiger partial charge in [0.25, 0.3) is 5.91 Å². The van der Waals surface area contributed by atoms with Crippen molar-refractivity contribution in [2.45, 2.75) is 62.7 Å². The number of urea groups is 1. The van der Waals surface area contributed by atoms with Gasteiger partial charge in [-0.3, -0.25) is 14.5 Å².